The molecule has 46 heavy (non-hydrogen) atoms. The van der Waals surface area contributed by atoms with Gasteiger partial charge in [-0.2, -0.15) is 0 Å². The Hall–Kier alpha value is -2.92. The van der Waals surface area contributed by atoms with Crippen molar-refractivity contribution in [2.75, 3.05) is 19.8 Å². The molecule has 1 rings (SSSR count). The van der Waals surface area contributed by atoms with Gasteiger partial charge >= 0.3 is 24.6 Å². The smallest absolute Gasteiger partial charge is 0.450 e. The number of ether oxygens (including phenoxy) is 7. The molecule has 0 bridgehead atoms. The lowest BCUT2D eigenvalue weighted by Gasteiger charge is -2.38. The van der Waals surface area contributed by atoms with Crippen LogP contribution in [0.1, 0.15) is 131 Å². The molecule has 1 aliphatic carbocycles. The van der Waals surface area contributed by atoms with Crippen molar-refractivity contribution in [2.45, 2.75) is 156 Å². The maximum atomic E-state index is 12.8. The van der Waals surface area contributed by atoms with E-state index < -0.39 is 49.0 Å². The Labute approximate surface area is 275 Å². The van der Waals surface area contributed by atoms with Gasteiger partial charge in [0.15, 0.2) is 0 Å². The van der Waals surface area contributed by atoms with Gasteiger partial charge in [0.05, 0.1) is 19.8 Å². The molecule has 0 aromatic carbocycles. The summed E-state index contributed by atoms with van der Waals surface area (Å²) in [6, 6.07) is 0. The molecule has 268 valence electrons. The zero-order chi connectivity index (χ0) is 34.3. The van der Waals surface area contributed by atoms with Crippen LogP contribution in [0.4, 0.5) is 19.2 Å². The summed E-state index contributed by atoms with van der Waals surface area (Å²) in [7, 11) is 0. The number of carbonyl (C=O) groups is 4. The third-order valence-corrected chi connectivity index (χ3v) is 8.69. The molecule has 12 heteroatoms. The Balaban J connectivity index is 3.05. The van der Waals surface area contributed by atoms with Crippen molar-refractivity contribution in [1.82, 2.24) is 0 Å². The van der Waals surface area contributed by atoms with Crippen molar-refractivity contribution in [3.05, 3.63) is 0 Å². The molecule has 0 heterocycles. The van der Waals surface area contributed by atoms with Crippen LogP contribution in [0.5, 0.6) is 0 Å². The summed E-state index contributed by atoms with van der Waals surface area (Å²) in [4.78, 5) is 49.8. The highest BCUT2D eigenvalue weighted by Crippen LogP contribution is 2.31. The molecule has 1 aliphatic rings. The first-order chi connectivity index (χ1) is 22.1. The highest BCUT2D eigenvalue weighted by atomic mass is 16.8. The van der Waals surface area contributed by atoms with E-state index in [4.69, 9.17) is 33.2 Å². The molecule has 7 atom stereocenters. The van der Waals surface area contributed by atoms with Crippen molar-refractivity contribution in [1.29, 1.82) is 0 Å². The van der Waals surface area contributed by atoms with Gasteiger partial charge in [0.2, 0.25) is 0 Å². The van der Waals surface area contributed by atoms with Crippen LogP contribution in [0, 0.1) is 17.8 Å². The fraction of sp³-hybridized carbons (Fsp3) is 0.882. The third-order valence-electron chi connectivity index (χ3n) is 8.69. The number of hydrogen-bond acceptors (Lipinski definition) is 11. The van der Waals surface area contributed by atoms with E-state index in [0.717, 1.165) is 77.0 Å². The molecular weight excluding hydrogens is 600 g/mol. The zero-order valence-electron chi connectivity index (χ0n) is 29.0. The predicted molar refractivity (Wildman–Crippen MR) is 171 cm³/mol. The molecule has 0 aliphatic heterocycles. The molecule has 12 nitrogen and oxygen atoms in total. The summed E-state index contributed by atoms with van der Waals surface area (Å²) in [5.74, 6) is 0.503. The summed E-state index contributed by atoms with van der Waals surface area (Å²) in [6.45, 7) is 12.8. The van der Waals surface area contributed by atoms with E-state index in [9.17, 15) is 24.3 Å². The first-order valence-electron chi connectivity index (χ1n) is 17.5. The zero-order valence-corrected chi connectivity index (χ0v) is 29.0. The topological polar surface area (TPSA) is 153 Å². The Morgan fingerprint density at radius 2 is 0.804 bits per heavy atom. The van der Waals surface area contributed by atoms with Crippen LogP contribution in [0.2, 0.25) is 0 Å². The molecule has 0 amide bonds. The fourth-order valence-corrected chi connectivity index (χ4v) is 5.42. The molecular formula is C34H60O12. The second-order valence-electron chi connectivity index (χ2n) is 12.3. The maximum Gasteiger partial charge on any atom is 0.508 e. The average molecular weight is 661 g/mol. The molecule has 0 spiro atoms. The molecule has 0 aromatic heterocycles. The van der Waals surface area contributed by atoms with Gasteiger partial charge in [-0.25, -0.2) is 19.2 Å². The van der Waals surface area contributed by atoms with Gasteiger partial charge in [0.25, 0.3) is 0 Å². The van der Waals surface area contributed by atoms with Gasteiger partial charge in [-0.15, -0.1) is 0 Å². The van der Waals surface area contributed by atoms with Crippen molar-refractivity contribution in [2.24, 2.45) is 17.8 Å². The summed E-state index contributed by atoms with van der Waals surface area (Å²) >= 11 is 0. The number of carboxylic acid groups (broad SMARTS) is 1. The van der Waals surface area contributed by atoms with Crippen molar-refractivity contribution in [3.63, 3.8) is 0 Å². The van der Waals surface area contributed by atoms with Crippen LogP contribution in [-0.2, 0) is 33.2 Å². The fourth-order valence-electron chi connectivity index (χ4n) is 5.42. The molecule has 1 N–H and O–H groups in total. The van der Waals surface area contributed by atoms with E-state index in [0.29, 0.717) is 0 Å². The number of hydrogen-bond donors (Lipinski definition) is 1. The van der Waals surface area contributed by atoms with E-state index in [1.807, 2.05) is 20.8 Å². The van der Waals surface area contributed by atoms with Crippen molar-refractivity contribution in [3.8, 4) is 0 Å². The summed E-state index contributed by atoms with van der Waals surface area (Å²) in [5.41, 5.74) is 0. The van der Waals surface area contributed by atoms with Gasteiger partial charge in [0, 0.05) is 12.8 Å². The second-order valence-corrected chi connectivity index (χ2v) is 12.3. The van der Waals surface area contributed by atoms with Gasteiger partial charge < -0.3 is 38.3 Å². The number of rotatable bonds is 22. The predicted octanol–water partition coefficient (Wildman–Crippen LogP) is 9.06. The van der Waals surface area contributed by atoms with Crippen LogP contribution in [0.3, 0.4) is 0 Å². The molecule has 0 radical (unpaired) electrons. The van der Waals surface area contributed by atoms with Crippen molar-refractivity contribution >= 4 is 24.6 Å². The van der Waals surface area contributed by atoms with Crippen LogP contribution in [0.25, 0.3) is 0 Å². The van der Waals surface area contributed by atoms with E-state index in [-0.39, 0.29) is 50.4 Å². The normalized spacial score (nSPS) is 21.3. The lowest BCUT2D eigenvalue weighted by Crippen LogP contribution is -2.51. The minimum atomic E-state index is -1.60. The molecule has 0 saturated heterocycles. The van der Waals surface area contributed by atoms with Gasteiger partial charge in [-0.05, 0) is 37.0 Å². The van der Waals surface area contributed by atoms with Crippen LogP contribution in [-0.4, -0.2) is 74.0 Å². The van der Waals surface area contributed by atoms with E-state index in [1.54, 1.807) is 0 Å². The Morgan fingerprint density at radius 1 is 0.522 bits per heavy atom. The summed E-state index contributed by atoms with van der Waals surface area (Å²) in [6.07, 6.45) is 1.63. The van der Waals surface area contributed by atoms with Gasteiger partial charge in [-0.1, -0.05) is 99.3 Å². The van der Waals surface area contributed by atoms with Crippen LogP contribution < -0.4 is 0 Å². The molecule has 1 fully saturated rings. The second kappa shape index (κ2) is 24.3. The molecule has 1 saturated carbocycles. The quantitative estimate of drug-likeness (QED) is 0.0870. The van der Waals surface area contributed by atoms with Gasteiger partial charge in [0.1, 0.15) is 24.4 Å². The largest absolute Gasteiger partial charge is 0.508 e. The van der Waals surface area contributed by atoms with E-state index >= 15 is 0 Å². The van der Waals surface area contributed by atoms with Gasteiger partial charge in [-0.3, -0.25) is 0 Å². The lowest BCUT2D eigenvalue weighted by molar-refractivity contribution is -0.142. The number of carbonyl (C=O) groups excluding carboxylic acids is 3. The summed E-state index contributed by atoms with van der Waals surface area (Å²) < 4.78 is 37.9. The maximum absolute atomic E-state index is 12.8. The monoisotopic (exact) mass is 660 g/mol. The summed E-state index contributed by atoms with van der Waals surface area (Å²) in [5, 5.41) is 9.41. The first kappa shape index (κ1) is 41.1. The van der Waals surface area contributed by atoms with E-state index in [1.165, 1.54) is 0 Å². The molecule has 7 unspecified atom stereocenters. The minimum absolute atomic E-state index is 0.157. The standard InChI is InChI=1S/C34H60O12/c1-7-13-16-24(10-4)21-40-32(37)44-28-20-30(46-34(39)42-23-26(12-6)18-15-9-3)29(19-27(28)43-31(35)36)45-33(38)41-22-25(11-5)17-14-8-2/h24-30H,7-23H2,1-6H3,(H,35,36). The Bertz CT molecular complexity index is 865. The Morgan fingerprint density at radius 3 is 1.04 bits per heavy atom. The highest BCUT2D eigenvalue weighted by molar-refractivity contribution is 5.62. The third kappa shape index (κ3) is 17.1. The lowest BCUT2D eigenvalue weighted by atomic mass is 9.89. The van der Waals surface area contributed by atoms with Crippen molar-refractivity contribution < 1.29 is 57.4 Å². The SMILES string of the molecule is CCCCC(CC)COC(=O)OC1CC(OC(=O)OCC(CC)CCCC)C(OC(=O)OCC(CC)CCCC)CC1OC(=O)O. The van der Waals surface area contributed by atoms with Crippen LogP contribution >= 0.6 is 0 Å². The number of unbranched alkanes of at least 4 members (excludes halogenated alkanes) is 3. The van der Waals surface area contributed by atoms with Crippen LogP contribution in [0.15, 0.2) is 0 Å². The minimum Gasteiger partial charge on any atom is -0.450 e. The average Bonchev–Trinajstić information content (AvgIpc) is 3.03. The first-order valence-corrected chi connectivity index (χ1v) is 17.5. The van der Waals surface area contributed by atoms with E-state index in [2.05, 4.69) is 20.8 Å². The molecule has 0 aromatic rings. The Kier molecular flexibility index (Phi) is 21.7. The highest BCUT2D eigenvalue weighted by Gasteiger charge is 2.46.